The lowest BCUT2D eigenvalue weighted by Crippen LogP contribution is -1.95. The highest BCUT2D eigenvalue weighted by atomic mass is 16.4. The summed E-state index contributed by atoms with van der Waals surface area (Å²) in [6.45, 7) is 0. The molecule has 1 rings (SSSR count). The van der Waals surface area contributed by atoms with Crippen LogP contribution >= 0.6 is 0 Å². The van der Waals surface area contributed by atoms with E-state index >= 15 is 0 Å². The maximum atomic E-state index is 10.1. The Labute approximate surface area is 63.9 Å². The van der Waals surface area contributed by atoms with Crippen molar-refractivity contribution in [2.75, 3.05) is 0 Å². The van der Waals surface area contributed by atoms with Crippen molar-refractivity contribution in [1.82, 2.24) is 0 Å². The number of phenolic OH excluding ortho intramolecular Hbond substituents is 1. The first-order valence-electron chi connectivity index (χ1n) is 3.05. The summed E-state index contributed by atoms with van der Waals surface area (Å²) in [4.78, 5) is 10.1. The van der Waals surface area contributed by atoms with Crippen LogP contribution in [-0.4, -0.2) is 16.2 Å². The van der Waals surface area contributed by atoms with Crippen molar-refractivity contribution in [3.05, 3.63) is 36.2 Å². The van der Waals surface area contributed by atoms with E-state index in [1.807, 2.05) is 0 Å². The molecule has 0 bridgehead atoms. The molecular weight excluding hydrogens is 144 g/mol. The second kappa shape index (κ2) is 3.05. The van der Waals surface area contributed by atoms with Gasteiger partial charge in [-0.15, -0.1) is 0 Å². The summed E-state index contributed by atoms with van der Waals surface area (Å²) < 4.78 is 0. The molecule has 3 nitrogen and oxygen atoms in total. The topological polar surface area (TPSA) is 57.5 Å². The molecule has 0 saturated carbocycles. The van der Waals surface area contributed by atoms with E-state index in [2.05, 4.69) is 0 Å². The number of phenols is 1. The molecule has 0 heterocycles. The van der Waals surface area contributed by atoms with Gasteiger partial charge in [-0.05, 0) is 17.7 Å². The Bertz CT molecular complexity index is 268. The molecule has 0 aromatic heterocycles. The first-order chi connectivity index (χ1) is 5.18. The van der Waals surface area contributed by atoms with Crippen LogP contribution in [0.3, 0.4) is 0 Å². The lowest BCUT2D eigenvalue weighted by molar-refractivity contribution is -0.132. The normalized spacial score (nSPS) is 9.45. The van der Waals surface area contributed by atoms with Gasteiger partial charge in [0.05, 0.1) is 6.42 Å². The van der Waals surface area contributed by atoms with E-state index in [1.54, 1.807) is 12.1 Å². The predicted octanol–water partition coefficient (Wildman–Crippen LogP) is 1.03. The molecule has 57 valence electrons. The van der Waals surface area contributed by atoms with E-state index in [1.165, 1.54) is 12.1 Å². The van der Waals surface area contributed by atoms with Crippen LogP contribution in [0.15, 0.2) is 24.3 Å². The SMILES string of the molecule is O=C(O)[CH]c1cccc(O)c1. The molecule has 0 aliphatic carbocycles. The van der Waals surface area contributed by atoms with Crippen molar-refractivity contribution in [3.63, 3.8) is 0 Å². The summed E-state index contributed by atoms with van der Waals surface area (Å²) in [7, 11) is 0. The van der Waals surface area contributed by atoms with Gasteiger partial charge < -0.3 is 10.2 Å². The van der Waals surface area contributed by atoms with Gasteiger partial charge in [-0.3, -0.25) is 4.79 Å². The number of carboxylic acid groups (broad SMARTS) is 1. The molecule has 0 aliphatic rings. The smallest absolute Gasteiger partial charge is 0.312 e. The summed E-state index contributed by atoms with van der Waals surface area (Å²) in [6.07, 6.45) is 1.03. The minimum Gasteiger partial charge on any atom is -0.508 e. The van der Waals surface area contributed by atoms with Gasteiger partial charge in [-0.1, -0.05) is 12.1 Å². The zero-order chi connectivity index (χ0) is 8.27. The summed E-state index contributed by atoms with van der Waals surface area (Å²) in [6, 6.07) is 6.06. The molecule has 0 fully saturated rings. The molecule has 0 unspecified atom stereocenters. The number of carboxylic acids is 1. The highest BCUT2D eigenvalue weighted by molar-refractivity contribution is 5.81. The van der Waals surface area contributed by atoms with Gasteiger partial charge in [0.25, 0.3) is 0 Å². The second-order valence-electron chi connectivity index (χ2n) is 2.08. The zero-order valence-electron chi connectivity index (χ0n) is 5.69. The molecule has 11 heavy (non-hydrogen) atoms. The Morgan fingerprint density at radius 1 is 1.45 bits per heavy atom. The molecule has 0 saturated heterocycles. The van der Waals surface area contributed by atoms with E-state index in [0.717, 1.165) is 6.42 Å². The number of benzene rings is 1. The fourth-order valence-electron chi connectivity index (χ4n) is 0.757. The van der Waals surface area contributed by atoms with Gasteiger partial charge in [0.2, 0.25) is 0 Å². The summed E-state index contributed by atoms with van der Waals surface area (Å²) >= 11 is 0. The molecule has 2 N–H and O–H groups in total. The second-order valence-corrected chi connectivity index (χ2v) is 2.08. The summed E-state index contributed by atoms with van der Waals surface area (Å²) in [5.41, 5.74) is 0.484. The van der Waals surface area contributed by atoms with Crippen LogP contribution in [0.5, 0.6) is 5.75 Å². The van der Waals surface area contributed by atoms with Gasteiger partial charge in [0.1, 0.15) is 5.75 Å². The maximum Gasteiger partial charge on any atom is 0.312 e. The molecule has 1 radical (unpaired) electrons. The van der Waals surface area contributed by atoms with E-state index in [4.69, 9.17) is 10.2 Å². The maximum absolute atomic E-state index is 10.1. The molecule has 0 atom stereocenters. The van der Waals surface area contributed by atoms with E-state index in [-0.39, 0.29) is 5.75 Å². The van der Waals surface area contributed by atoms with Gasteiger partial charge >= 0.3 is 5.97 Å². The van der Waals surface area contributed by atoms with Gasteiger partial charge in [-0.25, -0.2) is 0 Å². The van der Waals surface area contributed by atoms with Crippen LogP contribution in [0.4, 0.5) is 0 Å². The Balaban J connectivity index is 2.79. The van der Waals surface area contributed by atoms with Crippen LogP contribution in [0, 0.1) is 6.42 Å². The molecule has 0 amide bonds. The first kappa shape index (κ1) is 7.60. The Kier molecular flexibility index (Phi) is 2.11. The van der Waals surface area contributed by atoms with Crippen molar-refractivity contribution in [3.8, 4) is 5.75 Å². The van der Waals surface area contributed by atoms with Gasteiger partial charge in [0.15, 0.2) is 0 Å². The van der Waals surface area contributed by atoms with Crippen LogP contribution in [0.2, 0.25) is 0 Å². The monoisotopic (exact) mass is 151 g/mol. The molecule has 0 aliphatic heterocycles. The molecule has 1 aromatic carbocycles. The standard InChI is InChI=1S/C8H7O3/c9-7-3-1-2-6(4-7)5-8(10)11/h1-5,9H,(H,10,11). The van der Waals surface area contributed by atoms with Crippen LogP contribution < -0.4 is 0 Å². The third-order valence-corrected chi connectivity index (χ3v) is 1.16. The van der Waals surface area contributed by atoms with Gasteiger partial charge in [-0.2, -0.15) is 0 Å². The third-order valence-electron chi connectivity index (χ3n) is 1.16. The highest BCUT2D eigenvalue weighted by Crippen LogP contribution is 2.11. The lowest BCUT2D eigenvalue weighted by Gasteiger charge is -1.95. The van der Waals surface area contributed by atoms with E-state index in [9.17, 15) is 4.79 Å². The third kappa shape index (κ3) is 2.29. The number of carbonyl (C=O) groups is 1. The molecule has 3 heteroatoms. The Morgan fingerprint density at radius 3 is 2.73 bits per heavy atom. The predicted molar refractivity (Wildman–Crippen MR) is 39.1 cm³/mol. The minimum absolute atomic E-state index is 0.0694. The average molecular weight is 151 g/mol. The summed E-state index contributed by atoms with van der Waals surface area (Å²) in [5, 5.41) is 17.2. The van der Waals surface area contributed by atoms with Crippen LogP contribution in [0.1, 0.15) is 5.56 Å². The number of hydrogen-bond acceptors (Lipinski definition) is 2. The van der Waals surface area contributed by atoms with Crippen molar-refractivity contribution in [1.29, 1.82) is 0 Å². The van der Waals surface area contributed by atoms with Crippen molar-refractivity contribution >= 4 is 5.97 Å². The molecule has 0 spiro atoms. The van der Waals surface area contributed by atoms with Crippen molar-refractivity contribution in [2.24, 2.45) is 0 Å². The van der Waals surface area contributed by atoms with E-state index in [0.29, 0.717) is 5.56 Å². The van der Waals surface area contributed by atoms with E-state index < -0.39 is 5.97 Å². The number of rotatable bonds is 2. The first-order valence-corrected chi connectivity index (χ1v) is 3.05. The fourth-order valence-corrected chi connectivity index (χ4v) is 0.757. The average Bonchev–Trinajstić information content (AvgIpc) is 1.85. The minimum atomic E-state index is -1.02. The Morgan fingerprint density at radius 2 is 2.18 bits per heavy atom. The van der Waals surface area contributed by atoms with Crippen LogP contribution in [-0.2, 0) is 4.79 Å². The van der Waals surface area contributed by atoms with Crippen LogP contribution in [0.25, 0.3) is 0 Å². The Hall–Kier alpha value is -1.51. The largest absolute Gasteiger partial charge is 0.508 e. The highest BCUT2D eigenvalue weighted by Gasteiger charge is 2.00. The quantitative estimate of drug-likeness (QED) is 0.663. The number of aliphatic carboxylic acids is 1. The number of aromatic hydroxyl groups is 1. The lowest BCUT2D eigenvalue weighted by atomic mass is 10.1. The van der Waals surface area contributed by atoms with Gasteiger partial charge in [0, 0.05) is 0 Å². The summed E-state index contributed by atoms with van der Waals surface area (Å²) in [5.74, 6) is -0.949. The number of hydrogen-bond donors (Lipinski definition) is 2. The fraction of sp³-hybridized carbons (Fsp3) is 0. The molecular formula is C8H7O3. The van der Waals surface area contributed by atoms with Crippen molar-refractivity contribution < 1.29 is 15.0 Å². The zero-order valence-corrected chi connectivity index (χ0v) is 5.69. The van der Waals surface area contributed by atoms with Crippen molar-refractivity contribution in [2.45, 2.75) is 0 Å². The molecule has 1 aromatic rings.